The second-order valence-electron chi connectivity index (χ2n) is 6.95. The van der Waals surface area contributed by atoms with Crippen molar-refractivity contribution < 1.29 is 13.6 Å². The summed E-state index contributed by atoms with van der Waals surface area (Å²) in [7, 11) is 0. The third-order valence-electron chi connectivity index (χ3n) is 4.95. The lowest BCUT2D eigenvalue weighted by molar-refractivity contribution is -0.127. The lowest BCUT2D eigenvalue weighted by atomic mass is 10.2. The van der Waals surface area contributed by atoms with Gasteiger partial charge < -0.3 is 4.90 Å². The predicted molar refractivity (Wildman–Crippen MR) is 106 cm³/mol. The van der Waals surface area contributed by atoms with Gasteiger partial charge in [0.15, 0.2) is 17.5 Å². The van der Waals surface area contributed by atoms with Crippen LogP contribution in [-0.2, 0) is 11.3 Å². The molecule has 30 heavy (non-hydrogen) atoms. The normalized spacial score (nSPS) is 15.1. The second kappa shape index (κ2) is 8.91. The quantitative estimate of drug-likeness (QED) is 0.604. The number of halogens is 2. The molecule has 4 rings (SSSR count). The van der Waals surface area contributed by atoms with Gasteiger partial charge in [-0.25, -0.2) is 8.78 Å². The topological polar surface area (TPSA) is 67.2 Å². The Morgan fingerprint density at radius 2 is 1.77 bits per heavy atom. The maximum atomic E-state index is 13.5. The molecule has 0 bridgehead atoms. The fourth-order valence-electron chi connectivity index (χ4n) is 3.29. The van der Waals surface area contributed by atoms with Gasteiger partial charge in [-0.05, 0) is 34.2 Å². The smallest absolute Gasteiger partial charge is 0.246 e. The van der Waals surface area contributed by atoms with Crippen molar-refractivity contribution in [2.75, 3.05) is 26.2 Å². The minimum atomic E-state index is -0.954. The van der Waals surface area contributed by atoms with Crippen molar-refractivity contribution in [2.24, 2.45) is 0 Å². The molecule has 3 aromatic rings. The number of aromatic nitrogens is 4. The summed E-state index contributed by atoms with van der Waals surface area (Å²) in [4.78, 5) is 16.3. The van der Waals surface area contributed by atoms with Gasteiger partial charge in [0.25, 0.3) is 0 Å². The van der Waals surface area contributed by atoms with Crippen LogP contribution in [0.3, 0.4) is 0 Å². The number of hydrogen-bond acceptors (Lipinski definition) is 5. The standard InChI is InChI=1S/C21H20F2N6O/c22-18-8-7-17(14-19(18)23)29-20(24-25-26-29)15-27-10-12-28(13-11-27)21(30)9-6-16-4-2-1-3-5-16/h1-9,14H,10-13,15H2/b9-6-. The maximum Gasteiger partial charge on any atom is 0.246 e. The Balaban J connectivity index is 1.34. The highest BCUT2D eigenvalue weighted by molar-refractivity contribution is 5.91. The lowest BCUT2D eigenvalue weighted by Gasteiger charge is -2.33. The zero-order valence-corrected chi connectivity index (χ0v) is 16.2. The van der Waals surface area contributed by atoms with Gasteiger partial charge in [-0.2, -0.15) is 4.68 Å². The monoisotopic (exact) mass is 410 g/mol. The summed E-state index contributed by atoms with van der Waals surface area (Å²) in [5.74, 6) is -1.38. The van der Waals surface area contributed by atoms with E-state index in [0.29, 0.717) is 44.2 Å². The van der Waals surface area contributed by atoms with Crippen LogP contribution in [0.2, 0.25) is 0 Å². The fraction of sp³-hybridized carbons (Fsp3) is 0.238. The second-order valence-corrected chi connectivity index (χ2v) is 6.95. The van der Waals surface area contributed by atoms with Crippen molar-refractivity contribution >= 4 is 12.0 Å². The van der Waals surface area contributed by atoms with E-state index in [1.807, 2.05) is 36.4 Å². The van der Waals surface area contributed by atoms with Crippen LogP contribution < -0.4 is 0 Å². The molecule has 1 fully saturated rings. The van der Waals surface area contributed by atoms with E-state index in [9.17, 15) is 13.6 Å². The molecular weight excluding hydrogens is 390 g/mol. The summed E-state index contributed by atoms with van der Waals surface area (Å²) in [6.07, 6.45) is 3.40. The minimum Gasteiger partial charge on any atom is -0.337 e. The molecule has 1 amide bonds. The summed E-state index contributed by atoms with van der Waals surface area (Å²) < 4.78 is 28.1. The molecule has 0 radical (unpaired) electrons. The van der Waals surface area contributed by atoms with E-state index in [2.05, 4.69) is 20.4 Å². The first-order valence-electron chi connectivity index (χ1n) is 9.57. The van der Waals surface area contributed by atoms with E-state index >= 15 is 0 Å². The van der Waals surface area contributed by atoms with E-state index in [4.69, 9.17) is 0 Å². The van der Waals surface area contributed by atoms with Gasteiger partial charge in [0.05, 0.1) is 12.2 Å². The molecule has 0 spiro atoms. The van der Waals surface area contributed by atoms with Crippen molar-refractivity contribution in [1.82, 2.24) is 30.0 Å². The number of carbonyl (C=O) groups is 1. The number of benzene rings is 2. The van der Waals surface area contributed by atoms with Crippen LogP contribution >= 0.6 is 0 Å². The Morgan fingerprint density at radius 1 is 1.00 bits per heavy atom. The van der Waals surface area contributed by atoms with Crippen molar-refractivity contribution in [3.05, 3.63) is 77.6 Å². The highest BCUT2D eigenvalue weighted by Gasteiger charge is 2.22. The largest absolute Gasteiger partial charge is 0.337 e. The number of hydrogen-bond donors (Lipinski definition) is 0. The summed E-state index contributed by atoms with van der Waals surface area (Å²) in [5, 5.41) is 11.6. The molecule has 2 heterocycles. The van der Waals surface area contributed by atoms with Crippen LogP contribution in [-0.4, -0.2) is 62.1 Å². The van der Waals surface area contributed by atoms with Crippen LogP contribution in [0, 0.1) is 11.6 Å². The van der Waals surface area contributed by atoms with Gasteiger partial charge in [-0.3, -0.25) is 9.69 Å². The molecule has 9 heteroatoms. The van der Waals surface area contributed by atoms with Crippen molar-refractivity contribution in [1.29, 1.82) is 0 Å². The van der Waals surface area contributed by atoms with E-state index in [0.717, 1.165) is 17.7 Å². The van der Waals surface area contributed by atoms with Gasteiger partial charge in [0.1, 0.15) is 0 Å². The van der Waals surface area contributed by atoms with E-state index in [-0.39, 0.29) is 5.91 Å². The SMILES string of the molecule is O=C(/C=C\c1ccccc1)N1CCN(Cc2nnnn2-c2ccc(F)c(F)c2)CC1. The van der Waals surface area contributed by atoms with Crippen molar-refractivity contribution in [3.63, 3.8) is 0 Å². The molecule has 1 aromatic heterocycles. The third-order valence-corrected chi connectivity index (χ3v) is 4.95. The van der Waals surface area contributed by atoms with Crippen LogP contribution in [0.5, 0.6) is 0 Å². The number of tetrazole rings is 1. The Bertz CT molecular complexity index is 1040. The van der Waals surface area contributed by atoms with Crippen LogP contribution in [0.25, 0.3) is 11.8 Å². The fourth-order valence-corrected chi connectivity index (χ4v) is 3.29. The molecular formula is C21H20F2N6O. The summed E-state index contributed by atoms with van der Waals surface area (Å²) in [5.41, 5.74) is 1.34. The van der Waals surface area contributed by atoms with E-state index in [1.165, 1.54) is 10.7 Å². The summed E-state index contributed by atoms with van der Waals surface area (Å²) >= 11 is 0. The molecule has 0 N–H and O–H groups in total. The van der Waals surface area contributed by atoms with Gasteiger partial charge >= 0.3 is 0 Å². The number of rotatable bonds is 5. The Hall–Kier alpha value is -3.46. The molecule has 7 nitrogen and oxygen atoms in total. The zero-order valence-electron chi connectivity index (χ0n) is 16.2. The third kappa shape index (κ3) is 4.57. The Kier molecular flexibility index (Phi) is 5.89. The molecule has 154 valence electrons. The lowest BCUT2D eigenvalue weighted by Crippen LogP contribution is -2.48. The Labute approximate surface area is 172 Å². The first-order valence-corrected chi connectivity index (χ1v) is 9.57. The molecule has 0 saturated carbocycles. The molecule has 0 unspecified atom stereocenters. The van der Waals surface area contributed by atoms with Gasteiger partial charge in [-0.15, -0.1) is 5.10 Å². The van der Waals surface area contributed by atoms with Crippen LogP contribution in [0.4, 0.5) is 8.78 Å². The van der Waals surface area contributed by atoms with Crippen molar-refractivity contribution in [3.8, 4) is 5.69 Å². The molecule has 1 saturated heterocycles. The number of carbonyl (C=O) groups excluding carboxylic acids is 1. The number of amides is 1. The van der Waals surface area contributed by atoms with Gasteiger partial charge in [0, 0.05) is 38.3 Å². The highest BCUT2D eigenvalue weighted by atomic mass is 19.2. The van der Waals surface area contributed by atoms with E-state index in [1.54, 1.807) is 11.0 Å². The Morgan fingerprint density at radius 3 is 2.50 bits per heavy atom. The minimum absolute atomic E-state index is 0.0230. The average molecular weight is 410 g/mol. The highest BCUT2D eigenvalue weighted by Crippen LogP contribution is 2.15. The molecule has 1 aliphatic rings. The van der Waals surface area contributed by atoms with E-state index < -0.39 is 11.6 Å². The number of nitrogens with zero attached hydrogens (tertiary/aromatic N) is 6. The molecule has 0 aliphatic carbocycles. The van der Waals surface area contributed by atoms with Crippen molar-refractivity contribution in [2.45, 2.75) is 6.54 Å². The summed E-state index contributed by atoms with van der Waals surface area (Å²) in [6.45, 7) is 2.94. The summed E-state index contributed by atoms with van der Waals surface area (Å²) in [6, 6.07) is 13.2. The first-order chi connectivity index (χ1) is 14.6. The first kappa shape index (κ1) is 19.8. The number of piperazine rings is 1. The zero-order chi connectivity index (χ0) is 20.9. The molecule has 1 aliphatic heterocycles. The van der Waals surface area contributed by atoms with Gasteiger partial charge in [-0.1, -0.05) is 30.3 Å². The molecule has 0 atom stereocenters. The van der Waals surface area contributed by atoms with Gasteiger partial charge in [0.2, 0.25) is 5.91 Å². The molecule has 2 aromatic carbocycles. The maximum absolute atomic E-state index is 13.5. The van der Waals surface area contributed by atoms with Crippen LogP contribution in [0.1, 0.15) is 11.4 Å². The predicted octanol–water partition coefficient (Wildman–Crippen LogP) is 2.30. The van der Waals surface area contributed by atoms with Crippen LogP contribution in [0.15, 0.2) is 54.6 Å². The average Bonchev–Trinajstić information content (AvgIpc) is 3.23.